The predicted octanol–water partition coefficient (Wildman–Crippen LogP) is 1.00. The standard InChI is InChI=1S/C10H11NO2/c11-8-6-9(12)13-10(8)7-4-2-1-3-5-7/h1-5,8,10H,6,11H2/t8-,10-/m0/s1. The average molecular weight is 177 g/mol. The Balaban J connectivity index is 2.23. The zero-order valence-electron chi connectivity index (χ0n) is 7.14. The zero-order valence-corrected chi connectivity index (χ0v) is 7.14. The average Bonchev–Trinajstić information content (AvgIpc) is 2.47. The maximum absolute atomic E-state index is 10.9. The number of carbonyl (C=O) groups is 1. The van der Waals surface area contributed by atoms with E-state index >= 15 is 0 Å². The Hall–Kier alpha value is -1.35. The molecule has 0 radical (unpaired) electrons. The summed E-state index contributed by atoms with van der Waals surface area (Å²) in [6.07, 6.45) is 0.0632. The van der Waals surface area contributed by atoms with E-state index in [0.29, 0.717) is 6.42 Å². The van der Waals surface area contributed by atoms with Crippen LogP contribution >= 0.6 is 0 Å². The second-order valence-corrected chi connectivity index (χ2v) is 3.19. The third kappa shape index (κ3) is 1.55. The Morgan fingerprint density at radius 2 is 2.00 bits per heavy atom. The first-order valence-corrected chi connectivity index (χ1v) is 4.27. The fourth-order valence-electron chi connectivity index (χ4n) is 1.53. The molecule has 1 aliphatic heterocycles. The van der Waals surface area contributed by atoms with Gasteiger partial charge in [0.1, 0.15) is 6.10 Å². The quantitative estimate of drug-likeness (QED) is 0.651. The Morgan fingerprint density at radius 3 is 2.54 bits per heavy atom. The van der Waals surface area contributed by atoms with Gasteiger partial charge in [-0.15, -0.1) is 0 Å². The maximum atomic E-state index is 10.9. The molecule has 1 fully saturated rings. The van der Waals surface area contributed by atoms with Crippen LogP contribution in [0.4, 0.5) is 0 Å². The van der Waals surface area contributed by atoms with Gasteiger partial charge in [-0.1, -0.05) is 30.3 Å². The summed E-state index contributed by atoms with van der Waals surface area (Å²) in [5.41, 5.74) is 6.73. The number of hydrogen-bond donors (Lipinski definition) is 1. The molecule has 0 unspecified atom stereocenters. The smallest absolute Gasteiger partial charge is 0.308 e. The molecule has 0 saturated carbocycles. The fraction of sp³-hybridized carbons (Fsp3) is 0.300. The van der Waals surface area contributed by atoms with Crippen LogP contribution in [0.3, 0.4) is 0 Å². The van der Waals surface area contributed by atoms with Gasteiger partial charge < -0.3 is 10.5 Å². The minimum atomic E-state index is -0.256. The largest absolute Gasteiger partial charge is 0.456 e. The molecule has 1 aromatic rings. The monoisotopic (exact) mass is 177 g/mol. The van der Waals surface area contributed by atoms with Gasteiger partial charge in [0, 0.05) is 0 Å². The van der Waals surface area contributed by atoms with Crippen molar-refractivity contribution < 1.29 is 9.53 Å². The van der Waals surface area contributed by atoms with Crippen LogP contribution in [0.25, 0.3) is 0 Å². The van der Waals surface area contributed by atoms with Crippen LogP contribution in [0.1, 0.15) is 18.1 Å². The SMILES string of the molecule is N[C@H]1CC(=O)O[C@H]1c1ccccc1. The zero-order chi connectivity index (χ0) is 9.26. The van der Waals surface area contributed by atoms with E-state index in [4.69, 9.17) is 10.5 Å². The summed E-state index contributed by atoms with van der Waals surface area (Å²) in [4.78, 5) is 10.9. The first-order valence-electron chi connectivity index (χ1n) is 4.27. The van der Waals surface area contributed by atoms with Gasteiger partial charge in [0.25, 0.3) is 0 Å². The molecular weight excluding hydrogens is 166 g/mol. The Kier molecular flexibility index (Phi) is 2.02. The van der Waals surface area contributed by atoms with Crippen molar-refractivity contribution in [2.24, 2.45) is 5.73 Å². The third-order valence-corrected chi connectivity index (χ3v) is 2.18. The highest BCUT2D eigenvalue weighted by molar-refractivity contribution is 5.73. The van der Waals surface area contributed by atoms with Crippen molar-refractivity contribution in [2.75, 3.05) is 0 Å². The fourth-order valence-corrected chi connectivity index (χ4v) is 1.53. The van der Waals surface area contributed by atoms with Crippen molar-refractivity contribution in [2.45, 2.75) is 18.6 Å². The van der Waals surface area contributed by atoms with Crippen LogP contribution in [0, 0.1) is 0 Å². The molecular formula is C10H11NO2. The van der Waals surface area contributed by atoms with Crippen LogP contribution in [0.5, 0.6) is 0 Å². The molecule has 2 N–H and O–H groups in total. The maximum Gasteiger partial charge on any atom is 0.308 e. The molecule has 0 aliphatic carbocycles. The summed E-state index contributed by atoms with van der Waals surface area (Å²) in [5, 5.41) is 0. The molecule has 68 valence electrons. The number of hydrogen-bond acceptors (Lipinski definition) is 3. The topological polar surface area (TPSA) is 52.3 Å². The normalized spacial score (nSPS) is 27.3. The van der Waals surface area contributed by atoms with E-state index < -0.39 is 0 Å². The van der Waals surface area contributed by atoms with Gasteiger partial charge in [0.05, 0.1) is 12.5 Å². The molecule has 0 spiro atoms. The second-order valence-electron chi connectivity index (χ2n) is 3.19. The molecule has 2 atom stereocenters. The number of rotatable bonds is 1. The number of esters is 1. The Labute approximate surface area is 76.5 Å². The van der Waals surface area contributed by atoms with Gasteiger partial charge in [0.2, 0.25) is 0 Å². The third-order valence-electron chi connectivity index (χ3n) is 2.18. The van der Waals surface area contributed by atoms with Gasteiger partial charge in [-0.2, -0.15) is 0 Å². The van der Waals surface area contributed by atoms with Crippen LogP contribution in [-0.2, 0) is 9.53 Å². The van der Waals surface area contributed by atoms with E-state index in [1.165, 1.54) is 0 Å². The van der Waals surface area contributed by atoms with Crippen molar-refractivity contribution in [1.29, 1.82) is 0 Å². The molecule has 0 amide bonds. The lowest BCUT2D eigenvalue weighted by molar-refractivity contribution is -0.141. The van der Waals surface area contributed by atoms with Crippen LogP contribution in [0.15, 0.2) is 30.3 Å². The second kappa shape index (κ2) is 3.18. The van der Waals surface area contributed by atoms with Crippen molar-refractivity contribution in [3.63, 3.8) is 0 Å². The predicted molar refractivity (Wildman–Crippen MR) is 47.9 cm³/mol. The van der Waals surface area contributed by atoms with Gasteiger partial charge in [-0.3, -0.25) is 4.79 Å². The molecule has 1 saturated heterocycles. The highest BCUT2D eigenvalue weighted by atomic mass is 16.6. The molecule has 13 heavy (non-hydrogen) atoms. The molecule has 1 aromatic carbocycles. The van der Waals surface area contributed by atoms with E-state index in [0.717, 1.165) is 5.56 Å². The molecule has 0 aromatic heterocycles. The van der Waals surface area contributed by atoms with Gasteiger partial charge in [-0.25, -0.2) is 0 Å². The van der Waals surface area contributed by atoms with E-state index in [2.05, 4.69) is 0 Å². The number of carbonyl (C=O) groups excluding carboxylic acids is 1. The summed E-state index contributed by atoms with van der Waals surface area (Å²) in [7, 11) is 0. The number of benzene rings is 1. The van der Waals surface area contributed by atoms with Gasteiger partial charge in [-0.05, 0) is 5.56 Å². The molecule has 1 heterocycles. The van der Waals surface area contributed by atoms with Crippen molar-refractivity contribution >= 4 is 5.97 Å². The van der Waals surface area contributed by atoms with Crippen LogP contribution in [-0.4, -0.2) is 12.0 Å². The highest BCUT2D eigenvalue weighted by Gasteiger charge is 2.32. The first-order chi connectivity index (χ1) is 6.27. The Morgan fingerprint density at radius 1 is 1.31 bits per heavy atom. The number of ether oxygens (including phenoxy) is 1. The lowest BCUT2D eigenvalue weighted by Crippen LogP contribution is -2.23. The van der Waals surface area contributed by atoms with Crippen molar-refractivity contribution in [3.05, 3.63) is 35.9 Å². The number of cyclic esters (lactones) is 1. The van der Waals surface area contributed by atoms with E-state index in [1.807, 2.05) is 30.3 Å². The summed E-state index contributed by atoms with van der Waals surface area (Å²) in [6, 6.07) is 9.38. The van der Waals surface area contributed by atoms with Crippen molar-refractivity contribution in [3.8, 4) is 0 Å². The summed E-state index contributed by atoms with van der Waals surface area (Å²) in [6.45, 7) is 0. The van der Waals surface area contributed by atoms with Crippen LogP contribution in [0.2, 0.25) is 0 Å². The van der Waals surface area contributed by atoms with Gasteiger partial charge >= 0.3 is 5.97 Å². The minimum Gasteiger partial charge on any atom is -0.456 e. The lowest BCUT2D eigenvalue weighted by Gasteiger charge is -2.13. The van der Waals surface area contributed by atoms with Crippen molar-refractivity contribution in [1.82, 2.24) is 0 Å². The van der Waals surface area contributed by atoms with E-state index in [-0.39, 0.29) is 18.1 Å². The molecule has 3 nitrogen and oxygen atoms in total. The minimum absolute atomic E-state index is 0.199. The molecule has 2 rings (SSSR count). The van der Waals surface area contributed by atoms with Crippen LogP contribution < -0.4 is 5.73 Å². The lowest BCUT2D eigenvalue weighted by atomic mass is 10.0. The molecule has 3 heteroatoms. The van der Waals surface area contributed by atoms with E-state index in [1.54, 1.807) is 0 Å². The highest BCUT2D eigenvalue weighted by Crippen LogP contribution is 2.27. The van der Waals surface area contributed by atoms with Gasteiger partial charge in [0.15, 0.2) is 0 Å². The summed E-state index contributed by atoms with van der Waals surface area (Å²) in [5.74, 6) is -0.207. The summed E-state index contributed by atoms with van der Waals surface area (Å²) < 4.78 is 5.10. The number of nitrogens with two attached hydrogens (primary N) is 1. The molecule has 0 bridgehead atoms. The molecule has 1 aliphatic rings. The first kappa shape index (κ1) is 8.26. The van der Waals surface area contributed by atoms with E-state index in [9.17, 15) is 4.79 Å². The Bertz CT molecular complexity index is 310. The summed E-state index contributed by atoms with van der Waals surface area (Å²) >= 11 is 0.